The number of ketones is 3. The van der Waals surface area contributed by atoms with E-state index in [-0.39, 0.29) is 74.8 Å². The number of ether oxygens (including phenoxy) is 4. The molecule has 2 saturated heterocycles. The van der Waals surface area contributed by atoms with E-state index in [4.69, 9.17) is 18.9 Å². The van der Waals surface area contributed by atoms with Gasteiger partial charge in [-0.1, -0.05) is 93.6 Å². The summed E-state index contributed by atoms with van der Waals surface area (Å²) in [7, 11) is 1.76. The zero-order chi connectivity index (χ0) is 51.1. The van der Waals surface area contributed by atoms with E-state index in [0.717, 1.165) is 16.7 Å². The molecule has 5 atom stereocenters. The van der Waals surface area contributed by atoms with Crippen molar-refractivity contribution in [3.05, 3.63) is 115 Å². The van der Waals surface area contributed by atoms with Crippen LogP contribution in [0.2, 0.25) is 0 Å². The molecular weight excluding hydrogens is 917 g/mol. The minimum atomic E-state index is -0.939. The molecule has 0 bridgehead atoms. The molecule has 16 nitrogen and oxygen atoms in total. The van der Waals surface area contributed by atoms with Gasteiger partial charge in [0.2, 0.25) is 11.8 Å². The van der Waals surface area contributed by atoms with Gasteiger partial charge in [-0.2, -0.15) is 0 Å². The summed E-state index contributed by atoms with van der Waals surface area (Å²) in [6.07, 6.45) is 3.42. The number of hydrogen-bond acceptors (Lipinski definition) is 12. The van der Waals surface area contributed by atoms with Gasteiger partial charge in [0.25, 0.3) is 0 Å². The Morgan fingerprint density at radius 2 is 1.40 bits per heavy atom. The number of hydrogen-bond donors (Lipinski definition) is 2. The topological polar surface area (TPSA) is 197 Å². The van der Waals surface area contributed by atoms with Crippen LogP contribution < -0.4 is 20.1 Å². The van der Waals surface area contributed by atoms with Crippen molar-refractivity contribution in [1.29, 1.82) is 0 Å². The Bertz CT molecular complexity index is 2430. The van der Waals surface area contributed by atoms with E-state index < -0.39 is 47.3 Å². The van der Waals surface area contributed by atoms with Gasteiger partial charge >= 0.3 is 5.97 Å². The van der Waals surface area contributed by atoms with Crippen molar-refractivity contribution in [1.82, 2.24) is 25.6 Å². The fourth-order valence-corrected chi connectivity index (χ4v) is 9.32. The summed E-state index contributed by atoms with van der Waals surface area (Å²) in [6.45, 7) is 13.9. The Labute approximate surface area is 425 Å². The Morgan fingerprint density at radius 3 is 2.00 bits per heavy atom. The second kappa shape index (κ2) is 26.6. The minimum absolute atomic E-state index is 0. The summed E-state index contributed by atoms with van der Waals surface area (Å²) in [6, 6.07) is 22.9. The molecule has 3 heterocycles. The molecule has 2 aliphatic heterocycles. The number of nitrogens with zero attached hydrogens (tertiary/aromatic N) is 4. The molecule has 16 heteroatoms. The molecular formula is C56H76N6O10. The van der Waals surface area contributed by atoms with Gasteiger partial charge in [0.1, 0.15) is 44.1 Å². The molecule has 6 rings (SSSR count). The second-order valence-electron chi connectivity index (χ2n) is 20.6. The maximum atomic E-state index is 14.7. The Kier molecular flexibility index (Phi) is 21.0. The molecule has 4 aromatic rings. The third kappa shape index (κ3) is 17.3. The first-order chi connectivity index (χ1) is 33.9. The molecule has 2 aliphatic rings. The number of nitrogens with one attached hydrogen (secondary N) is 2. The van der Waals surface area contributed by atoms with Crippen molar-refractivity contribution in [2.45, 2.75) is 117 Å². The Balaban J connectivity index is 0.00000963. The third-order valence-electron chi connectivity index (χ3n) is 13.2. The largest absolute Gasteiger partial charge is 0.483 e. The fraction of sp³-hybridized carbons (Fsp3) is 0.518. The van der Waals surface area contributed by atoms with Crippen LogP contribution in [0.25, 0.3) is 0 Å². The van der Waals surface area contributed by atoms with Crippen LogP contribution in [-0.4, -0.2) is 112 Å². The summed E-state index contributed by atoms with van der Waals surface area (Å²) < 4.78 is 24.8. The lowest BCUT2D eigenvalue weighted by Crippen LogP contribution is -2.57. The number of Topliss-reactive ketones (excluding diaryl/α,β-unsaturated/α-hetero) is 3. The first-order valence-corrected chi connectivity index (χ1v) is 25.0. The zero-order valence-electron chi connectivity index (χ0n) is 43.5. The maximum absolute atomic E-state index is 14.7. The standard InChI is InChI=1S/C55H72N6O10.CH3/c1-37(2)26-47(49(64)31-44(28-41-16-12-9-13-17-41)54(67)57-48(27-38(3)4)52(65)55(6)36-70-55)56-53(66)43(20-18-40-14-10-8-11-15-40)30-46(63)34-61(22-24-68-25-23-61)33-42-19-21-50(71-39(5)62)51(29-42)69-35-45-32-60(7)59-58-45;/h8-17,19,21,29,32,37-38,43-44,47-48H,18,20,22-28,30-31,33-36H2,1-7H3,(H-,56,57,66,67);1H3/q;-1/p+1/t43-,44-,47+,48+,55-;/m1./s1. The van der Waals surface area contributed by atoms with E-state index in [2.05, 4.69) is 20.9 Å². The van der Waals surface area contributed by atoms with E-state index in [1.54, 1.807) is 30.9 Å². The van der Waals surface area contributed by atoms with Crippen LogP contribution in [0.4, 0.5) is 0 Å². The summed E-state index contributed by atoms with van der Waals surface area (Å²) >= 11 is 0. The number of rotatable bonds is 28. The van der Waals surface area contributed by atoms with Gasteiger partial charge in [-0.3, -0.25) is 33.4 Å². The van der Waals surface area contributed by atoms with Gasteiger partial charge in [-0.15, -0.1) is 5.10 Å². The van der Waals surface area contributed by atoms with Crippen molar-refractivity contribution in [2.75, 3.05) is 39.5 Å². The van der Waals surface area contributed by atoms with Gasteiger partial charge in [-0.25, -0.2) is 0 Å². The quantitative estimate of drug-likeness (QED) is 0.0205. The van der Waals surface area contributed by atoms with Crippen LogP contribution in [0.5, 0.6) is 11.5 Å². The number of quaternary nitrogens is 1. The average molecular weight is 993 g/mol. The highest BCUT2D eigenvalue weighted by atomic mass is 16.6. The number of amides is 2. The monoisotopic (exact) mass is 993 g/mol. The molecule has 2 fully saturated rings. The summed E-state index contributed by atoms with van der Waals surface area (Å²) in [5.74, 6) is -2.73. The van der Waals surface area contributed by atoms with Gasteiger partial charge in [0.15, 0.2) is 28.8 Å². The van der Waals surface area contributed by atoms with Gasteiger partial charge in [0.05, 0.1) is 38.1 Å². The second-order valence-corrected chi connectivity index (χ2v) is 20.6. The predicted octanol–water partition coefficient (Wildman–Crippen LogP) is 6.56. The molecule has 390 valence electrons. The van der Waals surface area contributed by atoms with E-state index in [9.17, 15) is 28.8 Å². The van der Waals surface area contributed by atoms with Crippen LogP contribution >= 0.6 is 0 Å². The lowest BCUT2D eigenvalue weighted by Gasteiger charge is -2.41. The van der Waals surface area contributed by atoms with E-state index in [1.807, 2.05) is 100 Å². The van der Waals surface area contributed by atoms with Gasteiger partial charge in [0, 0.05) is 44.2 Å². The number of aromatic nitrogens is 3. The molecule has 0 aliphatic carbocycles. The average Bonchev–Trinajstić information content (AvgIpc) is 3.95. The Morgan fingerprint density at radius 1 is 0.792 bits per heavy atom. The number of carbonyl (C=O) groups is 6. The fourth-order valence-electron chi connectivity index (χ4n) is 9.32. The molecule has 2 amide bonds. The lowest BCUT2D eigenvalue weighted by molar-refractivity contribution is -0.940. The molecule has 3 aromatic carbocycles. The van der Waals surface area contributed by atoms with E-state index in [1.165, 1.54) is 6.92 Å². The summed E-state index contributed by atoms with van der Waals surface area (Å²) in [5, 5.41) is 14.2. The van der Waals surface area contributed by atoms with Crippen LogP contribution in [0.15, 0.2) is 85.1 Å². The molecule has 1 aromatic heterocycles. The van der Waals surface area contributed by atoms with Crippen LogP contribution in [0, 0.1) is 31.1 Å². The highest BCUT2D eigenvalue weighted by Crippen LogP contribution is 2.33. The van der Waals surface area contributed by atoms with Gasteiger partial charge < -0.3 is 41.5 Å². The number of aryl methyl sites for hydroxylation is 2. The van der Waals surface area contributed by atoms with Crippen molar-refractivity contribution in [3.8, 4) is 11.5 Å². The van der Waals surface area contributed by atoms with Crippen LogP contribution in [0.3, 0.4) is 0 Å². The SMILES string of the molecule is CC(=O)Oc1ccc(C[N+]2(CC(=O)C[C@@H](CCc3ccccc3)C(=O)N[C@@H](CC(C)C)C(=O)C[C@@H](Cc3ccccc3)C(=O)N[C@@H](CC(C)C)C(=O)[C@@]3(C)CO3)CCOCC2)cc1OCc1cn(C)nn1.[CH3-]. The maximum Gasteiger partial charge on any atom is 0.308 e. The van der Waals surface area contributed by atoms with Gasteiger partial charge in [-0.05, 0) is 80.2 Å². The predicted molar refractivity (Wildman–Crippen MR) is 272 cm³/mol. The molecule has 0 spiro atoms. The Hall–Kier alpha value is -6.10. The number of morpholine rings is 1. The number of carbonyl (C=O) groups excluding carboxylic acids is 6. The van der Waals surface area contributed by atoms with E-state index >= 15 is 0 Å². The first kappa shape index (κ1) is 56.8. The smallest absolute Gasteiger partial charge is 0.308 e. The molecule has 0 saturated carbocycles. The van der Waals surface area contributed by atoms with Crippen LogP contribution in [-0.2, 0) is 71.3 Å². The number of epoxide rings is 1. The minimum Gasteiger partial charge on any atom is -0.483 e. The third-order valence-corrected chi connectivity index (χ3v) is 13.2. The first-order valence-electron chi connectivity index (χ1n) is 25.0. The van der Waals surface area contributed by atoms with Crippen molar-refractivity contribution in [2.24, 2.45) is 30.7 Å². The van der Waals surface area contributed by atoms with Crippen molar-refractivity contribution in [3.63, 3.8) is 0 Å². The lowest BCUT2D eigenvalue weighted by atomic mass is 9.87. The zero-order valence-corrected chi connectivity index (χ0v) is 43.5. The molecule has 0 radical (unpaired) electrons. The molecule has 0 unspecified atom stereocenters. The van der Waals surface area contributed by atoms with E-state index in [0.29, 0.717) is 81.1 Å². The highest BCUT2D eigenvalue weighted by molar-refractivity contribution is 5.98. The molecule has 72 heavy (non-hydrogen) atoms. The molecule has 2 N–H and O–H groups in total. The number of esters is 1. The normalized spacial score (nSPS) is 17.7. The summed E-state index contributed by atoms with van der Waals surface area (Å²) in [4.78, 5) is 83.7. The van der Waals surface area contributed by atoms with Crippen molar-refractivity contribution >= 4 is 35.1 Å². The highest BCUT2D eigenvalue weighted by Gasteiger charge is 2.50. The van der Waals surface area contributed by atoms with Crippen LogP contribution in [0.1, 0.15) is 96.0 Å². The summed E-state index contributed by atoms with van der Waals surface area (Å²) in [5.41, 5.74) is 2.39. The number of benzene rings is 3. The van der Waals surface area contributed by atoms with Crippen molar-refractivity contribution < 1.29 is 52.2 Å².